The van der Waals surface area contributed by atoms with Crippen molar-refractivity contribution in [1.82, 2.24) is 9.28 Å². The van der Waals surface area contributed by atoms with Crippen LogP contribution in [0, 0.1) is 13.8 Å². The van der Waals surface area contributed by atoms with E-state index in [-0.39, 0.29) is 5.91 Å². The van der Waals surface area contributed by atoms with Crippen LogP contribution in [0.5, 0.6) is 0 Å². The summed E-state index contributed by atoms with van der Waals surface area (Å²) in [4.78, 5) is 17.5. The number of rotatable bonds is 1. The van der Waals surface area contributed by atoms with Crippen LogP contribution in [0.3, 0.4) is 0 Å². The molecule has 0 saturated heterocycles. The van der Waals surface area contributed by atoms with Crippen molar-refractivity contribution in [2.24, 2.45) is 0 Å². The van der Waals surface area contributed by atoms with Crippen LogP contribution in [-0.2, 0) is 0 Å². The van der Waals surface area contributed by atoms with E-state index in [1.165, 1.54) is 11.3 Å². The van der Waals surface area contributed by atoms with E-state index in [9.17, 15) is 4.79 Å². The van der Waals surface area contributed by atoms with Crippen molar-refractivity contribution in [1.29, 1.82) is 0 Å². The molecule has 0 fully saturated rings. The maximum Gasteiger partial charge on any atom is 0.310 e. The summed E-state index contributed by atoms with van der Waals surface area (Å²) in [6, 6.07) is 3.92. The van der Waals surface area contributed by atoms with Gasteiger partial charge in [0.15, 0.2) is 0 Å². The lowest BCUT2D eigenvalue weighted by Crippen LogP contribution is -2.17. The first-order valence-electron chi connectivity index (χ1n) is 4.50. The van der Waals surface area contributed by atoms with Gasteiger partial charge in [-0.2, -0.15) is 0 Å². The Morgan fingerprint density at radius 2 is 2.20 bits per heavy atom. The Bertz CT molecular complexity index is 535. The molecule has 3 nitrogen and oxygen atoms in total. The van der Waals surface area contributed by atoms with E-state index < -0.39 is 0 Å². The Hall–Kier alpha value is -0.888. The highest BCUT2D eigenvalue weighted by Gasteiger charge is 2.10. The minimum absolute atomic E-state index is 0.0833. The minimum atomic E-state index is -0.0833. The molecule has 0 saturated carbocycles. The van der Waals surface area contributed by atoms with E-state index in [0.29, 0.717) is 4.88 Å². The number of thiophene rings is 1. The first kappa shape index (κ1) is 10.6. The molecular formula is C10H9AlN2OS. The number of amides is 1. The summed E-state index contributed by atoms with van der Waals surface area (Å²) >= 11 is 3.63. The SMILES string of the molecule is Cc1cc(C)c2cc(C(=O)[NH][Al])sc2n1. The third-order valence-corrected chi connectivity index (χ3v) is 3.49. The van der Waals surface area contributed by atoms with E-state index in [4.69, 9.17) is 0 Å². The molecule has 0 spiro atoms. The van der Waals surface area contributed by atoms with Gasteiger partial charge >= 0.3 is 16.5 Å². The summed E-state index contributed by atoms with van der Waals surface area (Å²) in [6.45, 7) is 3.99. The number of carbonyl (C=O) groups is 1. The molecule has 2 rings (SSSR count). The molecule has 2 heterocycles. The van der Waals surface area contributed by atoms with Gasteiger partial charge in [0, 0.05) is 11.1 Å². The minimum Gasteiger partial charge on any atom is -0.459 e. The van der Waals surface area contributed by atoms with Crippen LogP contribution in [0.4, 0.5) is 0 Å². The van der Waals surface area contributed by atoms with Gasteiger partial charge in [0.25, 0.3) is 0 Å². The molecule has 2 aromatic rings. The Balaban J connectivity index is 2.65. The predicted octanol–water partition coefficient (Wildman–Crippen LogP) is 1.73. The Kier molecular flexibility index (Phi) is 2.79. The van der Waals surface area contributed by atoms with Gasteiger partial charge in [0.05, 0.1) is 4.88 Å². The van der Waals surface area contributed by atoms with Crippen molar-refractivity contribution in [3.05, 3.63) is 28.3 Å². The van der Waals surface area contributed by atoms with Crippen molar-refractivity contribution in [3.63, 3.8) is 0 Å². The quantitative estimate of drug-likeness (QED) is 0.761. The van der Waals surface area contributed by atoms with Crippen molar-refractivity contribution < 1.29 is 4.79 Å². The second-order valence-electron chi connectivity index (χ2n) is 3.38. The lowest BCUT2D eigenvalue weighted by molar-refractivity contribution is 0.0985. The average molecular weight is 232 g/mol. The number of hydrogen-bond donors (Lipinski definition) is 1. The molecule has 2 radical (unpaired) electrons. The maximum atomic E-state index is 11.4. The van der Waals surface area contributed by atoms with Gasteiger partial charge in [-0.05, 0) is 31.5 Å². The second kappa shape index (κ2) is 3.93. The summed E-state index contributed by atoms with van der Waals surface area (Å²) in [7, 11) is 0. The molecule has 0 aliphatic carbocycles. The van der Waals surface area contributed by atoms with E-state index in [1.54, 1.807) is 0 Å². The second-order valence-corrected chi connectivity index (χ2v) is 4.70. The molecule has 0 aliphatic heterocycles. The van der Waals surface area contributed by atoms with Gasteiger partial charge in [0.1, 0.15) is 4.83 Å². The van der Waals surface area contributed by atoms with Crippen LogP contribution in [0.25, 0.3) is 10.2 Å². The molecule has 0 aliphatic rings. The van der Waals surface area contributed by atoms with Gasteiger partial charge in [-0.25, -0.2) is 4.98 Å². The standard InChI is InChI=1S/C10H10N2OS.Al/c1-5-3-6(2)12-10-7(5)4-8(14-10)9(11)13;/h3-4H,1-2H3,(H2,11,13);/q;+1/p-1. The number of aryl methyl sites for hydroxylation is 2. The van der Waals surface area contributed by atoms with Crippen molar-refractivity contribution in [3.8, 4) is 0 Å². The summed E-state index contributed by atoms with van der Waals surface area (Å²) in [6.07, 6.45) is 0. The van der Waals surface area contributed by atoms with E-state index >= 15 is 0 Å². The molecule has 0 unspecified atom stereocenters. The Morgan fingerprint density at radius 3 is 2.87 bits per heavy atom. The van der Waals surface area contributed by atoms with Crippen molar-refractivity contribution in [2.75, 3.05) is 0 Å². The number of nitrogens with zero attached hydrogens (tertiary/aromatic N) is 1. The largest absolute Gasteiger partial charge is 0.459 e. The van der Waals surface area contributed by atoms with Crippen LogP contribution in [-0.4, -0.2) is 27.4 Å². The molecule has 5 heteroatoms. The molecular weight excluding hydrogens is 223 g/mol. The number of fused-ring (bicyclic) bond motifs is 1. The third kappa shape index (κ3) is 1.91. The molecule has 2 aromatic heterocycles. The summed E-state index contributed by atoms with van der Waals surface area (Å²) in [5, 5.41) is 1.06. The van der Waals surface area contributed by atoms with Gasteiger partial charge in [-0.1, -0.05) is 0 Å². The van der Waals surface area contributed by atoms with Crippen LogP contribution in [0.2, 0.25) is 0 Å². The number of aromatic nitrogens is 1. The predicted molar refractivity (Wildman–Crippen MR) is 62.3 cm³/mol. The van der Waals surface area contributed by atoms with E-state index in [2.05, 4.69) is 25.8 Å². The summed E-state index contributed by atoms with van der Waals surface area (Å²) in [5.74, 6) is -0.0833. The fraction of sp³-hybridized carbons (Fsp3) is 0.200. The van der Waals surface area contributed by atoms with Gasteiger partial charge in [0.2, 0.25) is 5.91 Å². The van der Waals surface area contributed by atoms with E-state index in [1.807, 2.05) is 26.0 Å². The van der Waals surface area contributed by atoms with Crippen molar-refractivity contribution in [2.45, 2.75) is 13.8 Å². The molecule has 74 valence electrons. The molecule has 1 N–H and O–H groups in total. The van der Waals surface area contributed by atoms with Crippen LogP contribution < -0.4 is 4.30 Å². The highest BCUT2D eigenvalue weighted by molar-refractivity contribution is 7.20. The molecule has 1 amide bonds. The lowest BCUT2D eigenvalue weighted by Gasteiger charge is -1.96. The normalized spacial score (nSPS) is 10.5. The zero-order valence-corrected chi connectivity index (χ0v) is 10.5. The van der Waals surface area contributed by atoms with Crippen LogP contribution in [0.1, 0.15) is 20.9 Å². The lowest BCUT2D eigenvalue weighted by atomic mass is 10.2. The summed E-state index contributed by atoms with van der Waals surface area (Å²) in [5.41, 5.74) is 2.15. The topological polar surface area (TPSA) is 42.0 Å². The monoisotopic (exact) mass is 232 g/mol. The smallest absolute Gasteiger partial charge is 0.310 e. The van der Waals surface area contributed by atoms with Gasteiger partial charge in [-0.15, -0.1) is 11.3 Å². The zero-order chi connectivity index (χ0) is 11.0. The highest BCUT2D eigenvalue weighted by Crippen LogP contribution is 2.26. The number of hydrogen-bond acceptors (Lipinski definition) is 3. The van der Waals surface area contributed by atoms with E-state index in [0.717, 1.165) is 21.5 Å². The maximum absolute atomic E-state index is 11.4. The average Bonchev–Trinajstić information content (AvgIpc) is 2.60. The first-order chi connectivity index (χ1) is 7.11. The fourth-order valence-corrected chi connectivity index (χ4v) is 2.83. The van der Waals surface area contributed by atoms with Gasteiger partial charge in [-0.3, -0.25) is 4.79 Å². The number of pyridine rings is 1. The van der Waals surface area contributed by atoms with Crippen LogP contribution >= 0.6 is 11.3 Å². The number of carbonyl (C=O) groups excluding carboxylic acids is 1. The molecule has 0 bridgehead atoms. The first-order valence-corrected chi connectivity index (χ1v) is 5.90. The molecule has 0 atom stereocenters. The van der Waals surface area contributed by atoms with Crippen molar-refractivity contribution >= 4 is 44.0 Å². The third-order valence-electron chi connectivity index (χ3n) is 2.20. The molecule has 0 aromatic carbocycles. The summed E-state index contributed by atoms with van der Waals surface area (Å²) < 4.78 is 2.54. The zero-order valence-electron chi connectivity index (χ0n) is 8.50. The fourth-order valence-electron chi connectivity index (χ4n) is 1.51. The molecule has 15 heavy (non-hydrogen) atoms. The number of nitrogens with one attached hydrogen (secondary N) is 1. The van der Waals surface area contributed by atoms with Crippen LogP contribution in [0.15, 0.2) is 12.1 Å². The highest BCUT2D eigenvalue weighted by atomic mass is 32.1. The Morgan fingerprint density at radius 1 is 1.47 bits per heavy atom. The Labute approximate surface area is 100 Å². The van der Waals surface area contributed by atoms with Gasteiger partial charge < -0.3 is 4.30 Å².